The Morgan fingerprint density at radius 2 is 1.65 bits per heavy atom. The zero-order valence-electron chi connectivity index (χ0n) is 12.7. The minimum Gasteiger partial charge on any atom is -0.497 e. The molecule has 5 nitrogen and oxygen atoms in total. The fourth-order valence-electron chi connectivity index (χ4n) is 1.70. The molecular formula is C15H23NO4. The van der Waals surface area contributed by atoms with Crippen LogP contribution in [0, 0.1) is 0 Å². The first-order valence-electron chi connectivity index (χ1n) is 6.45. The molecule has 20 heavy (non-hydrogen) atoms. The molecule has 0 spiro atoms. The Morgan fingerprint density at radius 1 is 1.15 bits per heavy atom. The summed E-state index contributed by atoms with van der Waals surface area (Å²) in [6, 6.07) is 4.70. The number of benzene rings is 1. The minimum atomic E-state index is -0.717. The van der Waals surface area contributed by atoms with Gasteiger partial charge in [0.25, 0.3) is 0 Å². The first-order chi connectivity index (χ1) is 9.25. The van der Waals surface area contributed by atoms with Crippen LogP contribution in [0.1, 0.15) is 26.3 Å². The van der Waals surface area contributed by atoms with E-state index in [1.165, 1.54) is 0 Å². The SMILES string of the molecule is COc1cc(CC(N)C(=O)OC(C)(C)C)cc(OC)c1. The van der Waals surface area contributed by atoms with E-state index in [1.807, 2.05) is 32.9 Å². The Labute approximate surface area is 120 Å². The number of hydrogen-bond donors (Lipinski definition) is 1. The average molecular weight is 281 g/mol. The lowest BCUT2D eigenvalue weighted by Crippen LogP contribution is -2.38. The molecule has 0 saturated heterocycles. The van der Waals surface area contributed by atoms with Gasteiger partial charge in [-0.2, -0.15) is 0 Å². The van der Waals surface area contributed by atoms with Crippen LogP contribution < -0.4 is 15.2 Å². The van der Waals surface area contributed by atoms with Gasteiger partial charge in [0, 0.05) is 6.07 Å². The summed E-state index contributed by atoms with van der Waals surface area (Å²) < 4.78 is 15.6. The molecule has 5 heteroatoms. The number of nitrogens with two attached hydrogens (primary N) is 1. The van der Waals surface area contributed by atoms with Crippen molar-refractivity contribution in [2.24, 2.45) is 5.73 Å². The van der Waals surface area contributed by atoms with Gasteiger partial charge in [-0.1, -0.05) is 0 Å². The summed E-state index contributed by atoms with van der Waals surface area (Å²) in [5.41, 5.74) is 6.20. The highest BCUT2D eigenvalue weighted by molar-refractivity contribution is 5.76. The highest BCUT2D eigenvalue weighted by Crippen LogP contribution is 2.23. The molecule has 0 radical (unpaired) electrons. The van der Waals surface area contributed by atoms with Gasteiger partial charge in [-0.05, 0) is 44.9 Å². The van der Waals surface area contributed by atoms with Gasteiger partial charge in [0.05, 0.1) is 14.2 Å². The maximum atomic E-state index is 11.9. The summed E-state index contributed by atoms with van der Waals surface area (Å²) in [5, 5.41) is 0. The fourth-order valence-corrected chi connectivity index (χ4v) is 1.70. The van der Waals surface area contributed by atoms with E-state index in [0.29, 0.717) is 17.9 Å². The summed E-state index contributed by atoms with van der Waals surface area (Å²) in [4.78, 5) is 11.9. The van der Waals surface area contributed by atoms with Crippen LogP contribution in [0.3, 0.4) is 0 Å². The van der Waals surface area contributed by atoms with E-state index < -0.39 is 17.6 Å². The second kappa shape index (κ2) is 6.61. The molecule has 0 heterocycles. The number of hydrogen-bond acceptors (Lipinski definition) is 5. The molecular weight excluding hydrogens is 258 g/mol. The van der Waals surface area contributed by atoms with Gasteiger partial charge in [0.1, 0.15) is 23.1 Å². The lowest BCUT2D eigenvalue weighted by atomic mass is 10.1. The summed E-state index contributed by atoms with van der Waals surface area (Å²) in [6.07, 6.45) is 0.364. The van der Waals surface area contributed by atoms with Gasteiger partial charge in [-0.15, -0.1) is 0 Å². The molecule has 112 valence electrons. The van der Waals surface area contributed by atoms with Gasteiger partial charge in [-0.3, -0.25) is 4.79 Å². The van der Waals surface area contributed by atoms with E-state index in [0.717, 1.165) is 5.56 Å². The predicted molar refractivity (Wildman–Crippen MR) is 77.1 cm³/mol. The Balaban J connectivity index is 2.79. The van der Waals surface area contributed by atoms with Crippen molar-refractivity contribution in [3.8, 4) is 11.5 Å². The van der Waals surface area contributed by atoms with Crippen LogP contribution in [0.5, 0.6) is 11.5 Å². The van der Waals surface area contributed by atoms with Crippen molar-refractivity contribution in [3.05, 3.63) is 23.8 Å². The van der Waals surface area contributed by atoms with Crippen LogP contribution in [0.2, 0.25) is 0 Å². The Bertz CT molecular complexity index is 443. The molecule has 1 unspecified atom stereocenters. The molecule has 2 N–H and O–H groups in total. The molecule has 1 aromatic rings. The first-order valence-corrected chi connectivity index (χ1v) is 6.45. The van der Waals surface area contributed by atoms with E-state index in [1.54, 1.807) is 20.3 Å². The van der Waals surface area contributed by atoms with Gasteiger partial charge in [-0.25, -0.2) is 0 Å². The van der Waals surface area contributed by atoms with Gasteiger partial charge in [0.15, 0.2) is 0 Å². The molecule has 0 amide bonds. The van der Waals surface area contributed by atoms with Gasteiger partial charge >= 0.3 is 5.97 Å². The molecule has 1 aromatic carbocycles. The van der Waals surface area contributed by atoms with Crippen molar-refractivity contribution < 1.29 is 19.0 Å². The summed E-state index contributed by atoms with van der Waals surface area (Å²) in [5.74, 6) is 0.908. The number of carbonyl (C=O) groups excluding carboxylic acids is 1. The minimum absolute atomic E-state index is 0.364. The van der Waals surface area contributed by atoms with E-state index in [9.17, 15) is 4.79 Å². The maximum Gasteiger partial charge on any atom is 0.323 e. The van der Waals surface area contributed by atoms with Crippen LogP contribution in [0.15, 0.2) is 18.2 Å². The molecule has 1 rings (SSSR count). The zero-order valence-corrected chi connectivity index (χ0v) is 12.7. The van der Waals surface area contributed by atoms with Gasteiger partial charge < -0.3 is 19.9 Å². The van der Waals surface area contributed by atoms with Gasteiger partial charge in [0.2, 0.25) is 0 Å². The van der Waals surface area contributed by atoms with Crippen LogP contribution in [-0.2, 0) is 16.0 Å². The number of carbonyl (C=O) groups is 1. The van der Waals surface area contributed by atoms with E-state index in [-0.39, 0.29) is 0 Å². The normalized spacial score (nSPS) is 12.7. The second-order valence-electron chi connectivity index (χ2n) is 5.57. The third-order valence-corrected chi connectivity index (χ3v) is 2.58. The standard InChI is InChI=1S/C15H23NO4/c1-15(2,3)20-14(17)13(16)8-10-6-11(18-4)9-12(7-10)19-5/h6-7,9,13H,8,16H2,1-5H3. The third-order valence-electron chi connectivity index (χ3n) is 2.58. The highest BCUT2D eigenvalue weighted by atomic mass is 16.6. The van der Waals surface area contributed by atoms with E-state index in [2.05, 4.69) is 0 Å². The molecule has 0 aromatic heterocycles. The monoisotopic (exact) mass is 281 g/mol. The zero-order chi connectivity index (χ0) is 15.3. The third kappa shape index (κ3) is 5.09. The number of rotatable bonds is 5. The molecule has 1 atom stereocenters. The van der Waals surface area contributed by atoms with Crippen LogP contribution in [0.25, 0.3) is 0 Å². The Morgan fingerprint density at radius 3 is 2.05 bits per heavy atom. The van der Waals surface area contributed by atoms with Crippen LogP contribution in [-0.4, -0.2) is 31.8 Å². The lowest BCUT2D eigenvalue weighted by molar-refractivity contribution is -0.156. The number of methoxy groups -OCH3 is 2. The second-order valence-corrected chi connectivity index (χ2v) is 5.57. The van der Waals surface area contributed by atoms with E-state index >= 15 is 0 Å². The van der Waals surface area contributed by atoms with Crippen molar-refractivity contribution >= 4 is 5.97 Å². The number of ether oxygens (including phenoxy) is 3. The Kier molecular flexibility index (Phi) is 5.39. The van der Waals surface area contributed by atoms with Crippen molar-refractivity contribution in [3.63, 3.8) is 0 Å². The van der Waals surface area contributed by atoms with Crippen molar-refractivity contribution in [2.45, 2.75) is 38.8 Å². The topological polar surface area (TPSA) is 70.8 Å². The summed E-state index contributed by atoms with van der Waals surface area (Å²) in [6.45, 7) is 5.44. The molecule has 0 aliphatic carbocycles. The lowest BCUT2D eigenvalue weighted by Gasteiger charge is -2.22. The maximum absolute atomic E-state index is 11.9. The molecule has 0 aliphatic heterocycles. The van der Waals surface area contributed by atoms with Crippen molar-refractivity contribution in [1.82, 2.24) is 0 Å². The largest absolute Gasteiger partial charge is 0.497 e. The smallest absolute Gasteiger partial charge is 0.323 e. The predicted octanol–water partition coefficient (Wildman–Crippen LogP) is 1.92. The van der Waals surface area contributed by atoms with E-state index in [4.69, 9.17) is 19.9 Å². The van der Waals surface area contributed by atoms with Crippen LogP contribution in [0.4, 0.5) is 0 Å². The average Bonchev–Trinajstić information content (AvgIpc) is 2.36. The Hall–Kier alpha value is -1.75. The molecule has 0 bridgehead atoms. The fraction of sp³-hybridized carbons (Fsp3) is 0.533. The first kappa shape index (κ1) is 16.3. The molecule has 0 saturated carbocycles. The molecule has 0 aliphatic rings. The quantitative estimate of drug-likeness (QED) is 0.835. The summed E-state index contributed by atoms with van der Waals surface area (Å²) in [7, 11) is 3.15. The van der Waals surface area contributed by atoms with Crippen molar-refractivity contribution in [2.75, 3.05) is 14.2 Å². The van der Waals surface area contributed by atoms with Crippen LogP contribution >= 0.6 is 0 Å². The van der Waals surface area contributed by atoms with Crippen molar-refractivity contribution in [1.29, 1.82) is 0 Å². The highest BCUT2D eigenvalue weighted by Gasteiger charge is 2.22. The number of esters is 1. The molecule has 0 fully saturated rings. The summed E-state index contributed by atoms with van der Waals surface area (Å²) >= 11 is 0.